The highest BCUT2D eigenvalue weighted by atomic mass is 31.2. The summed E-state index contributed by atoms with van der Waals surface area (Å²) in [5.74, 6) is -1.08. The number of piperazine rings is 1. The Morgan fingerprint density at radius 2 is 2.12 bits per heavy atom. The first-order chi connectivity index (χ1) is 7.82. The Bertz CT molecular complexity index is 356. The fraction of sp³-hybridized carbons (Fsp3) is 0.714. The Hall–Kier alpha value is -0.830. The molecular formula is C7H14N3O6P. The lowest BCUT2D eigenvalue weighted by atomic mass is 10.2. The molecule has 10 heteroatoms. The number of aliphatic carboxylic acids is 1. The molecule has 0 radical (unpaired) electrons. The number of nitrogens with one attached hydrogen (secondary N) is 2. The zero-order chi connectivity index (χ0) is 13.1. The smallest absolute Gasteiger partial charge is 0.393 e. The number of carbonyl (C=O) groups excluding carboxylic acids is 1. The highest BCUT2D eigenvalue weighted by molar-refractivity contribution is 7.70. The van der Waals surface area contributed by atoms with E-state index in [0.29, 0.717) is 13.1 Å². The first-order valence-corrected chi connectivity index (χ1v) is 6.46. The van der Waals surface area contributed by atoms with Gasteiger partial charge < -0.3 is 20.2 Å². The standard InChI is InChI=1S/C7H14N3O6P/c11-6(17(14,15)16)4-9-10-2-1-8-3-5(10)7(12)13/h5,8-9H,1-4H2,(H,12,13)(H2,14,15,16). The molecule has 1 unspecified atom stereocenters. The molecule has 0 saturated carbocycles. The lowest BCUT2D eigenvalue weighted by Crippen LogP contribution is -2.60. The zero-order valence-electron chi connectivity index (χ0n) is 8.87. The second kappa shape index (κ2) is 5.67. The van der Waals surface area contributed by atoms with Crippen LogP contribution in [-0.4, -0.2) is 63.6 Å². The van der Waals surface area contributed by atoms with Gasteiger partial charge in [0.25, 0.3) is 5.52 Å². The molecule has 1 rings (SSSR count). The van der Waals surface area contributed by atoms with Crippen LogP contribution in [0.4, 0.5) is 0 Å². The Labute approximate surface area is 96.9 Å². The first-order valence-electron chi connectivity index (χ1n) is 4.85. The maximum absolute atomic E-state index is 11.0. The normalized spacial score (nSPS) is 22.4. The van der Waals surface area contributed by atoms with Crippen LogP contribution in [0.5, 0.6) is 0 Å². The van der Waals surface area contributed by atoms with E-state index >= 15 is 0 Å². The Balaban J connectivity index is 2.52. The summed E-state index contributed by atoms with van der Waals surface area (Å²) in [5, 5.41) is 13.0. The maximum atomic E-state index is 11.0. The third kappa shape index (κ3) is 4.15. The van der Waals surface area contributed by atoms with Gasteiger partial charge in [-0.15, -0.1) is 0 Å². The van der Waals surface area contributed by atoms with Crippen LogP contribution in [0.2, 0.25) is 0 Å². The minimum absolute atomic E-state index is 0.201. The molecule has 1 fully saturated rings. The Kier molecular flexibility index (Phi) is 4.75. The Morgan fingerprint density at radius 1 is 1.47 bits per heavy atom. The fourth-order valence-electron chi connectivity index (χ4n) is 1.39. The third-order valence-electron chi connectivity index (χ3n) is 2.29. The average molecular weight is 267 g/mol. The van der Waals surface area contributed by atoms with E-state index in [9.17, 15) is 14.2 Å². The summed E-state index contributed by atoms with van der Waals surface area (Å²) in [6, 6.07) is -0.867. The zero-order valence-corrected chi connectivity index (χ0v) is 9.76. The van der Waals surface area contributed by atoms with Gasteiger partial charge in [-0.05, 0) is 0 Å². The molecule has 1 saturated heterocycles. The van der Waals surface area contributed by atoms with Gasteiger partial charge in [-0.1, -0.05) is 0 Å². The van der Waals surface area contributed by atoms with Crippen LogP contribution in [0.1, 0.15) is 0 Å². The van der Waals surface area contributed by atoms with Crippen LogP contribution < -0.4 is 10.7 Å². The third-order valence-corrected chi connectivity index (χ3v) is 3.09. The molecule has 0 aliphatic carbocycles. The monoisotopic (exact) mass is 267 g/mol. The van der Waals surface area contributed by atoms with Gasteiger partial charge in [0.1, 0.15) is 6.04 Å². The number of carboxylic acids is 1. The average Bonchev–Trinajstić information content (AvgIpc) is 2.24. The molecule has 0 spiro atoms. The van der Waals surface area contributed by atoms with Gasteiger partial charge in [0.05, 0.1) is 6.54 Å². The largest absolute Gasteiger partial charge is 0.480 e. The molecule has 1 aliphatic rings. The van der Waals surface area contributed by atoms with Crippen molar-refractivity contribution < 1.29 is 29.0 Å². The van der Waals surface area contributed by atoms with E-state index in [1.54, 1.807) is 0 Å². The molecule has 0 amide bonds. The summed E-state index contributed by atoms with van der Waals surface area (Å²) in [7, 11) is -4.76. The molecule has 98 valence electrons. The molecule has 0 aromatic rings. The molecule has 1 heterocycles. The second-order valence-electron chi connectivity index (χ2n) is 3.52. The van der Waals surface area contributed by atoms with Crippen molar-refractivity contribution in [2.75, 3.05) is 26.2 Å². The van der Waals surface area contributed by atoms with Crippen molar-refractivity contribution >= 4 is 19.1 Å². The van der Waals surface area contributed by atoms with E-state index < -0.39 is 31.7 Å². The van der Waals surface area contributed by atoms with Crippen LogP contribution in [0.3, 0.4) is 0 Å². The number of carboxylic acid groups (broad SMARTS) is 1. The van der Waals surface area contributed by atoms with Gasteiger partial charge >= 0.3 is 13.6 Å². The summed E-state index contributed by atoms with van der Waals surface area (Å²) in [6.07, 6.45) is 0. The molecule has 0 aromatic heterocycles. The van der Waals surface area contributed by atoms with Crippen LogP contribution in [0, 0.1) is 0 Å². The lowest BCUT2D eigenvalue weighted by Gasteiger charge is -2.33. The summed E-state index contributed by atoms with van der Waals surface area (Å²) in [5.41, 5.74) is 1.17. The molecule has 17 heavy (non-hydrogen) atoms. The van der Waals surface area contributed by atoms with E-state index in [0.717, 1.165) is 0 Å². The quantitative estimate of drug-likeness (QED) is 0.343. The number of hydrazine groups is 1. The van der Waals surface area contributed by atoms with Crippen LogP contribution >= 0.6 is 7.60 Å². The van der Waals surface area contributed by atoms with E-state index in [4.69, 9.17) is 14.9 Å². The van der Waals surface area contributed by atoms with Gasteiger partial charge in [0.15, 0.2) is 0 Å². The molecule has 9 nitrogen and oxygen atoms in total. The van der Waals surface area contributed by atoms with Crippen molar-refractivity contribution in [1.82, 2.24) is 15.8 Å². The molecular weight excluding hydrogens is 253 g/mol. The van der Waals surface area contributed by atoms with E-state index in [1.165, 1.54) is 5.01 Å². The van der Waals surface area contributed by atoms with Crippen LogP contribution in [0.25, 0.3) is 0 Å². The number of rotatable bonds is 5. The molecule has 0 bridgehead atoms. The van der Waals surface area contributed by atoms with Crippen molar-refractivity contribution in [3.63, 3.8) is 0 Å². The fourth-order valence-corrected chi connectivity index (χ4v) is 1.66. The predicted molar refractivity (Wildman–Crippen MR) is 56.1 cm³/mol. The van der Waals surface area contributed by atoms with Crippen LogP contribution in [-0.2, 0) is 14.2 Å². The van der Waals surface area contributed by atoms with Gasteiger partial charge in [0.2, 0.25) is 0 Å². The molecule has 1 aliphatic heterocycles. The number of hydrogen-bond acceptors (Lipinski definition) is 6. The number of hydrogen-bond donors (Lipinski definition) is 5. The number of carbonyl (C=O) groups is 2. The van der Waals surface area contributed by atoms with E-state index in [2.05, 4.69) is 10.7 Å². The predicted octanol–water partition coefficient (Wildman–Crippen LogP) is -2.45. The van der Waals surface area contributed by atoms with E-state index in [-0.39, 0.29) is 6.54 Å². The van der Waals surface area contributed by atoms with Gasteiger partial charge in [-0.3, -0.25) is 14.2 Å². The maximum Gasteiger partial charge on any atom is 0.393 e. The van der Waals surface area contributed by atoms with Gasteiger partial charge in [-0.25, -0.2) is 10.4 Å². The molecule has 1 atom stereocenters. The summed E-state index contributed by atoms with van der Waals surface area (Å²) in [4.78, 5) is 38.9. The van der Waals surface area contributed by atoms with Gasteiger partial charge in [0, 0.05) is 19.6 Å². The van der Waals surface area contributed by atoms with Crippen LogP contribution in [0.15, 0.2) is 0 Å². The lowest BCUT2D eigenvalue weighted by molar-refractivity contribution is -0.145. The van der Waals surface area contributed by atoms with Crippen molar-refractivity contribution in [2.24, 2.45) is 0 Å². The van der Waals surface area contributed by atoms with Crippen molar-refractivity contribution in [1.29, 1.82) is 0 Å². The topological polar surface area (TPSA) is 139 Å². The SMILES string of the molecule is O=C(O)C1CNCCN1NCC(=O)P(=O)(O)O. The highest BCUT2D eigenvalue weighted by Gasteiger charge is 2.31. The minimum Gasteiger partial charge on any atom is -0.480 e. The second-order valence-corrected chi connectivity index (χ2v) is 5.11. The highest BCUT2D eigenvalue weighted by Crippen LogP contribution is 2.34. The van der Waals surface area contributed by atoms with E-state index in [1.807, 2.05) is 0 Å². The minimum atomic E-state index is -4.76. The molecule has 5 N–H and O–H groups in total. The summed E-state index contributed by atoms with van der Waals surface area (Å²) < 4.78 is 10.6. The number of nitrogens with zero attached hydrogens (tertiary/aromatic N) is 1. The van der Waals surface area contributed by atoms with Crippen molar-refractivity contribution in [2.45, 2.75) is 6.04 Å². The Morgan fingerprint density at radius 3 is 2.65 bits per heavy atom. The molecule has 0 aromatic carbocycles. The first kappa shape index (κ1) is 14.2. The summed E-state index contributed by atoms with van der Waals surface area (Å²) in [6.45, 7) is 0.465. The van der Waals surface area contributed by atoms with Crippen molar-refractivity contribution in [3.8, 4) is 0 Å². The summed E-state index contributed by atoms with van der Waals surface area (Å²) >= 11 is 0. The van der Waals surface area contributed by atoms with Gasteiger partial charge in [-0.2, -0.15) is 0 Å². The van der Waals surface area contributed by atoms with Crippen molar-refractivity contribution in [3.05, 3.63) is 0 Å².